The van der Waals surface area contributed by atoms with Crippen molar-refractivity contribution in [3.05, 3.63) is 18.0 Å². The van der Waals surface area contributed by atoms with Crippen LogP contribution in [0.4, 0.5) is 5.82 Å². The Balaban J connectivity index is 1.44. The van der Waals surface area contributed by atoms with Gasteiger partial charge in [0.2, 0.25) is 5.91 Å². The number of fused-ring (bicyclic) bond motifs is 1. The lowest BCUT2D eigenvalue weighted by Crippen LogP contribution is -2.61. The molecule has 1 amide bonds. The number of amides is 1. The van der Waals surface area contributed by atoms with Crippen LogP contribution in [0.15, 0.2) is 12.1 Å². The van der Waals surface area contributed by atoms with E-state index in [1.807, 2.05) is 12.1 Å². The predicted molar refractivity (Wildman–Crippen MR) is 105 cm³/mol. The predicted octanol–water partition coefficient (Wildman–Crippen LogP) is 0.504. The zero-order valence-corrected chi connectivity index (χ0v) is 17.5. The lowest BCUT2D eigenvalue weighted by Gasteiger charge is -2.45. The average molecular weight is 407 g/mol. The molecule has 1 unspecified atom stereocenters. The van der Waals surface area contributed by atoms with Crippen molar-refractivity contribution in [2.24, 2.45) is 5.92 Å². The monoisotopic (exact) mass is 406 g/mol. The first kappa shape index (κ1) is 19.1. The van der Waals surface area contributed by atoms with E-state index in [2.05, 4.69) is 35.9 Å². The number of aromatic nitrogens is 4. The third kappa shape index (κ3) is 3.34. The Labute approximate surface area is 164 Å². The highest BCUT2D eigenvalue weighted by atomic mass is 32.2. The van der Waals surface area contributed by atoms with Gasteiger partial charge in [-0.2, -0.15) is 4.52 Å². The molecular weight excluding hydrogens is 380 g/mol. The van der Waals surface area contributed by atoms with Gasteiger partial charge in [0.15, 0.2) is 21.3 Å². The summed E-state index contributed by atoms with van der Waals surface area (Å²) in [6, 6.07) is 3.88. The Morgan fingerprint density at radius 2 is 1.93 bits per heavy atom. The number of likely N-dealkylation sites (N-methyl/N-ethyl adjacent to an activating group) is 1. The van der Waals surface area contributed by atoms with Crippen LogP contribution in [0, 0.1) is 5.92 Å². The van der Waals surface area contributed by atoms with Crippen molar-refractivity contribution in [3.8, 4) is 0 Å². The molecule has 0 N–H and O–H groups in total. The Bertz CT molecular complexity index is 1020. The van der Waals surface area contributed by atoms with E-state index in [1.54, 1.807) is 16.5 Å². The summed E-state index contributed by atoms with van der Waals surface area (Å²) in [4.78, 5) is 16.4. The molecule has 9 nitrogen and oxygen atoms in total. The Kier molecular flexibility index (Phi) is 4.36. The van der Waals surface area contributed by atoms with Crippen LogP contribution in [0.3, 0.4) is 0 Å². The fourth-order valence-electron chi connectivity index (χ4n) is 3.76. The van der Waals surface area contributed by atoms with Crippen molar-refractivity contribution in [3.63, 3.8) is 0 Å². The average Bonchev–Trinajstić information content (AvgIpc) is 3.15. The van der Waals surface area contributed by atoms with Crippen molar-refractivity contribution in [2.75, 3.05) is 36.5 Å². The van der Waals surface area contributed by atoms with Gasteiger partial charge in [-0.1, -0.05) is 20.8 Å². The van der Waals surface area contributed by atoms with Crippen LogP contribution < -0.4 is 4.90 Å². The van der Waals surface area contributed by atoms with Crippen LogP contribution in [0.25, 0.3) is 5.65 Å². The zero-order valence-electron chi connectivity index (χ0n) is 16.7. The number of carbonyl (C=O) groups is 1. The topological polar surface area (TPSA) is 101 Å². The van der Waals surface area contributed by atoms with E-state index in [9.17, 15) is 13.2 Å². The highest BCUT2D eigenvalue weighted by Crippen LogP contribution is 2.27. The molecule has 10 heteroatoms. The van der Waals surface area contributed by atoms with Crippen molar-refractivity contribution in [1.82, 2.24) is 24.7 Å². The molecule has 2 aromatic heterocycles. The molecule has 2 saturated heterocycles. The fourth-order valence-corrected chi connectivity index (χ4v) is 5.49. The van der Waals surface area contributed by atoms with Crippen LogP contribution >= 0.6 is 0 Å². The number of carbonyl (C=O) groups excluding carboxylic acids is 1. The van der Waals surface area contributed by atoms with Gasteiger partial charge in [-0.3, -0.25) is 4.79 Å². The molecule has 152 valence electrons. The molecular formula is C18H26N6O3S. The summed E-state index contributed by atoms with van der Waals surface area (Å²) in [6.07, 6.45) is 0.434. The lowest BCUT2D eigenvalue weighted by atomic mass is 9.96. The van der Waals surface area contributed by atoms with Gasteiger partial charge in [-0.15, -0.1) is 15.3 Å². The highest BCUT2D eigenvalue weighted by Gasteiger charge is 2.39. The molecule has 1 atom stereocenters. The first-order chi connectivity index (χ1) is 13.0. The summed E-state index contributed by atoms with van der Waals surface area (Å²) in [6.45, 7) is 7.56. The number of rotatable bonds is 3. The fraction of sp³-hybridized carbons (Fsp3) is 0.667. The molecule has 0 aliphatic carbocycles. The second kappa shape index (κ2) is 6.40. The molecule has 4 heterocycles. The van der Waals surface area contributed by atoms with Crippen molar-refractivity contribution < 1.29 is 13.2 Å². The molecule has 0 radical (unpaired) electrons. The maximum atomic E-state index is 12.6. The minimum atomic E-state index is -3.06. The van der Waals surface area contributed by atoms with Crippen LogP contribution in [0.2, 0.25) is 0 Å². The number of nitrogens with zero attached hydrogens (tertiary/aromatic N) is 6. The summed E-state index contributed by atoms with van der Waals surface area (Å²) in [5.74, 6) is 1.25. The van der Waals surface area contributed by atoms with Gasteiger partial charge >= 0.3 is 0 Å². The SMILES string of the molecule is CN(C(=O)C1CCS(=O)(=O)C1)C1CN(c2ccc3nnc(C(C)(C)C)n3n2)C1. The first-order valence-corrected chi connectivity index (χ1v) is 11.3. The molecule has 2 aliphatic heterocycles. The normalized spacial score (nSPS) is 22.4. The second-order valence-electron chi connectivity index (χ2n) is 8.84. The molecule has 0 bridgehead atoms. The first-order valence-electron chi connectivity index (χ1n) is 9.50. The maximum Gasteiger partial charge on any atom is 0.226 e. The van der Waals surface area contributed by atoms with Crippen molar-refractivity contribution in [1.29, 1.82) is 0 Å². The summed E-state index contributed by atoms with van der Waals surface area (Å²) >= 11 is 0. The van der Waals surface area contributed by atoms with E-state index in [0.29, 0.717) is 25.2 Å². The molecule has 28 heavy (non-hydrogen) atoms. The number of hydrogen-bond acceptors (Lipinski definition) is 7. The van der Waals surface area contributed by atoms with Gasteiger partial charge in [0, 0.05) is 25.6 Å². The molecule has 0 aromatic carbocycles. The molecule has 2 aliphatic rings. The largest absolute Gasteiger partial charge is 0.351 e. The molecule has 2 fully saturated rings. The third-order valence-electron chi connectivity index (χ3n) is 5.58. The highest BCUT2D eigenvalue weighted by molar-refractivity contribution is 7.91. The number of anilines is 1. The van der Waals surface area contributed by atoms with E-state index >= 15 is 0 Å². The Morgan fingerprint density at radius 1 is 1.21 bits per heavy atom. The minimum absolute atomic E-state index is 0.0198. The zero-order chi connectivity index (χ0) is 20.3. The number of sulfone groups is 1. The van der Waals surface area contributed by atoms with Crippen LogP contribution in [0.5, 0.6) is 0 Å². The smallest absolute Gasteiger partial charge is 0.226 e. The van der Waals surface area contributed by atoms with Crippen LogP contribution in [-0.4, -0.2) is 76.7 Å². The van der Waals surface area contributed by atoms with E-state index in [4.69, 9.17) is 5.10 Å². The van der Waals surface area contributed by atoms with Gasteiger partial charge in [0.1, 0.15) is 5.82 Å². The summed E-state index contributed by atoms with van der Waals surface area (Å²) in [7, 11) is -1.29. The van der Waals surface area contributed by atoms with Gasteiger partial charge < -0.3 is 9.80 Å². The minimum Gasteiger partial charge on any atom is -0.351 e. The van der Waals surface area contributed by atoms with Crippen LogP contribution in [0.1, 0.15) is 33.0 Å². The van der Waals surface area contributed by atoms with Gasteiger partial charge in [0.25, 0.3) is 0 Å². The van der Waals surface area contributed by atoms with E-state index in [-0.39, 0.29) is 28.9 Å². The maximum absolute atomic E-state index is 12.6. The molecule has 2 aromatic rings. The molecule has 4 rings (SSSR count). The van der Waals surface area contributed by atoms with Crippen LogP contribution in [-0.2, 0) is 20.0 Å². The van der Waals surface area contributed by atoms with Gasteiger partial charge in [0.05, 0.1) is 23.5 Å². The lowest BCUT2D eigenvalue weighted by molar-refractivity contribution is -0.136. The molecule has 0 spiro atoms. The second-order valence-corrected chi connectivity index (χ2v) is 11.1. The van der Waals surface area contributed by atoms with E-state index in [1.165, 1.54) is 0 Å². The van der Waals surface area contributed by atoms with Gasteiger partial charge in [-0.05, 0) is 18.6 Å². The summed E-state index contributed by atoms with van der Waals surface area (Å²) in [5, 5.41) is 13.1. The summed E-state index contributed by atoms with van der Waals surface area (Å²) < 4.78 is 25.1. The quantitative estimate of drug-likeness (QED) is 0.732. The molecule has 0 saturated carbocycles. The Morgan fingerprint density at radius 3 is 2.54 bits per heavy atom. The third-order valence-corrected chi connectivity index (χ3v) is 7.35. The van der Waals surface area contributed by atoms with Crippen molar-refractivity contribution >= 4 is 27.2 Å². The Hall–Kier alpha value is -2.23. The van der Waals surface area contributed by atoms with Gasteiger partial charge in [-0.25, -0.2) is 8.42 Å². The standard InChI is InChI=1S/C18H26N6O3S/c1-18(2,3)17-20-19-14-5-6-15(21-24(14)17)23-9-13(10-23)22(4)16(25)12-7-8-28(26,27)11-12/h5-6,12-13H,7-11H2,1-4H3. The summed E-state index contributed by atoms with van der Waals surface area (Å²) in [5.41, 5.74) is 0.539. The number of hydrogen-bond donors (Lipinski definition) is 0. The van der Waals surface area contributed by atoms with E-state index < -0.39 is 15.8 Å². The van der Waals surface area contributed by atoms with E-state index in [0.717, 1.165) is 11.6 Å². The van der Waals surface area contributed by atoms with Crippen molar-refractivity contribution in [2.45, 2.75) is 38.6 Å².